The average Bonchev–Trinajstić information content (AvgIpc) is 2.74. The maximum atomic E-state index is 13.0. The van der Waals surface area contributed by atoms with Crippen LogP contribution in [0.15, 0.2) is 40.0 Å². The van der Waals surface area contributed by atoms with Crippen LogP contribution >= 0.6 is 0 Å². The van der Waals surface area contributed by atoms with Crippen molar-refractivity contribution in [1.82, 2.24) is 14.7 Å². The molecule has 1 fully saturated rings. The molecule has 0 aliphatic heterocycles. The minimum atomic E-state index is -3.74. The Balaban J connectivity index is 1.99. The number of aliphatic hydroxyl groups excluding tert-OH is 1. The number of sulfonamides is 1. The van der Waals surface area contributed by atoms with Gasteiger partial charge in [-0.15, -0.1) is 0 Å². The number of nitrogens with zero attached hydrogens (tertiary/aromatic N) is 3. The molecule has 9 nitrogen and oxygen atoms in total. The maximum Gasteiger partial charge on any atom is 0.240 e. The molecule has 0 bridgehead atoms. The van der Waals surface area contributed by atoms with Gasteiger partial charge in [-0.1, -0.05) is 6.07 Å². The number of aromatic nitrogens is 2. The highest BCUT2D eigenvalue weighted by atomic mass is 32.2. The molecule has 1 aliphatic rings. The minimum absolute atomic E-state index is 0.144. The molecule has 32 heavy (non-hydrogen) atoms. The first-order valence-electron chi connectivity index (χ1n) is 10.4. The number of aryl methyl sites for hydroxylation is 1. The Morgan fingerprint density at radius 1 is 1.28 bits per heavy atom. The second kappa shape index (κ2) is 9.76. The lowest BCUT2D eigenvalue weighted by Crippen LogP contribution is -2.38. The summed E-state index contributed by atoms with van der Waals surface area (Å²) >= 11 is 0. The van der Waals surface area contributed by atoms with Crippen molar-refractivity contribution in [2.24, 2.45) is 10.7 Å². The number of nitrogens with one attached hydrogen (secondary N) is 1. The Morgan fingerprint density at radius 3 is 2.59 bits per heavy atom. The summed E-state index contributed by atoms with van der Waals surface area (Å²) in [5, 5.41) is 9.67. The SMILES string of the molecule is CN=CC(=C(C)N)c1nc(-c2cc(S(=O)(=O)NC3CCC(O)CC3)ccc2C)cnc1N. The van der Waals surface area contributed by atoms with Gasteiger partial charge in [0.05, 0.1) is 22.9 Å². The van der Waals surface area contributed by atoms with E-state index in [-0.39, 0.29) is 22.9 Å². The zero-order valence-electron chi connectivity index (χ0n) is 18.5. The van der Waals surface area contributed by atoms with Gasteiger partial charge in [-0.2, -0.15) is 0 Å². The number of aliphatic imine (C=N–C) groups is 1. The molecule has 0 radical (unpaired) electrons. The molecule has 0 amide bonds. The number of hydrogen-bond donors (Lipinski definition) is 4. The molecule has 2 aromatic rings. The molecule has 6 N–H and O–H groups in total. The first-order valence-corrected chi connectivity index (χ1v) is 11.9. The first-order chi connectivity index (χ1) is 15.1. The molecule has 3 rings (SSSR count). The summed E-state index contributed by atoms with van der Waals surface area (Å²) in [6, 6.07) is 4.71. The highest BCUT2D eigenvalue weighted by molar-refractivity contribution is 7.89. The fourth-order valence-corrected chi connectivity index (χ4v) is 5.06. The van der Waals surface area contributed by atoms with E-state index in [1.165, 1.54) is 6.20 Å². The molecule has 10 heteroatoms. The summed E-state index contributed by atoms with van der Waals surface area (Å²) in [7, 11) is -2.12. The molecule has 1 aliphatic carbocycles. The van der Waals surface area contributed by atoms with Crippen molar-refractivity contribution >= 4 is 27.6 Å². The smallest absolute Gasteiger partial charge is 0.240 e. The Morgan fingerprint density at radius 2 is 1.97 bits per heavy atom. The van der Waals surface area contributed by atoms with Gasteiger partial charge in [0.2, 0.25) is 10.0 Å². The van der Waals surface area contributed by atoms with Crippen molar-refractivity contribution in [2.45, 2.75) is 56.6 Å². The number of anilines is 1. The maximum absolute atomic E-state index is 13.0. The van der Waals surface area contributed by atoms with E-state index in [0.717, 1.165) is 5.56 Å². The van der Waals surface area contributed by atoms with Gasteiger partial charge in [0, 0.05) is 36.1 Å². The largest absolute Gasteiger partial charge is 0.402 e. The fraction of sp³-hybridized carbons (Fsp3) is 0.409. The Bertz CT molecular complexity index is 1150. The van der Waals surface area contributed by atoms with E-state index in [9.17, 15) is 13.5 Å². The number of rotatable bonds is 6. The number of nitrogen functional groups attached to an aromatic ring is 1. The topological polar surface area (TPSA) is 157 Å². The molecule has 1 heterocycles. The third kappa shape index (κ3) is 5.32. The average molecular weight is 459 g/mol. The lowest BCUT2D eigenvalue weighted by atomic mass is 9.94. The van der Waals surface area contributed by atoms with Gasteiger partial charge in [-0.05, 0) is 57.2 Å². The Kier molecular flexibility index (Phi) is 7.27. The van der Waals surface area contributed by atoms with E-state index < -0.39 is 10.0 Å². The fourth-order valence-electron chi connectivity index (χ4n) is 3.73. The molecule has 1 aromatic heterocycles. The van der Waals surface area contributed by atoms with E-state index in [0.29, 0.717) is 53.9 Å². The lowest BCUT2D eigenvalue weighted by molar-refractivity contribution is 0.120. The van der Waals surface area contributed by atoms with Crippen LogP contribution in [0.5, 0.6) is 0 Å². The second-order valence-electron chi connectivity index (χ2n) is 8.08. The van der Waals surface area contributed by atoms with Gasteiger partial charge in [-0.3, -0.25) is 4.99 Å². The van der Waals surface area contributed by atoms with E-state index in [2.05, 4.69) is 19.7 Å². The highest BCUT2D eigenvalue weighted by Crippen LogP contribution is 2.28. The standard InChI is InChI=1S/C22H30N6O3S/c1-13-4-9-17(32(30,31)28-15-5-7-16(29)8-6-15)10-18(13)20-12-26-22(24)21(27-20)19(11-25-3)14(2)23/h4,9-12,15-16,28-29H,5-8,23H2,1-3H3,(H2,24,26). The molecule has 0 spiro atoms. The Labute approximate surface area is 188 Å². The zero-order valence-corrected chi connectivity index (χ0v) is 19.4. The van der Waals surface area contributed by atoms with Crippen LogP contribution in [0.1, 0.15) is 43.9 Å². The van der Waals surface area contributed by atoms with Crippen molar-refractivity contribution < 1.29 is 13.5 Å². The second-order valence-corrected chi connectivity index (χ2v) is 9.79. The molecule has 172 valence electrons. The molecular formula is C22H30N6O3S. The molecule has 0 unspecified atom stereocenters. The third-order valence-corrected chi connectivity index (χ3v) is 7.07. The van der Waals surface area contributed by atoms with E-state index in [1.807, 2.05) is 6.92 Å². The summed E-state index contributed by atoms with van der Waals surface area (Å²) in [4.78, 5) is 13.0. The van der Waals surface area contributed by atoms with Crippen molar-refractivity contribution in [2.75, 3.05) is 12.8 Å². The monoisotopic (exact) mass is 458 g/mol. The van der Waals surface area contributed by atoms with Gasteiger partial charge in [0.1, 0.15) is 11.5 Å². The van der Waals surface area contributed by atoms with Crippen molar-refractivity contribution in [3.63, 3.8) is 0 Å². The number of nitrogens with two attached hydrogens (primary N) is 2. The van der Waals surface area contributed by atoms with Gasteiger partial charge >= 0.3 is 0 Å². The zero-order chi connectivity index (χ0) is 23.5. The van der Waals surface area contributed by atoms with E-state index in [4.69, 9.17) is 11.5 Å². The van der Waals surface area contributed by atoms with Gasteiger partial charge in [-0.25, -0.2) is 23.1 Å². The predicted octanol–water partition coefficient (Wildman–Crippen LogP) is 2.01. The summed E-state index contributed by atoms with van der Waals surface area (Å²) in [6.07, 6.45) is 5.13. The van der Waals surface area contributed by atoms with Crippen LogP contribution in [0.4, 0.5) is 5.82 Å². The molecule has 0 saturated heterocycles. The van der Waals surface area contributed by atoms with Crippen LogP contribution in [0.3, 0.4) is 0 Å². The molecule has 0 atom stereocenters. The van der Waals surface area contributed by atoms with Crippen molar-refractivity contribution in [3.8, 4) is 11.3 Å². The van der Waals surface area contributed by atoms with Crippen LogP contribution in [-0.4, -0.2) is 48.9 Å². The number of aliphatic hydroxyl groups is 1. The summed E-state index contributed by atoms with van der Waals surface area (Å²) < 4.78 is 28.8. The first kappa shape index (κ1) is 23.8. The number of allylic oxidation sites excluding steroid dienone is 2. The van der Waals surface area contributed by atoms with Crippen molar-refractivity contribution in [3.05, 3.63) is 41.4 Å². The lowest BCUT2D eigenvalue weighted by Gasteiger charge is -2.26. The predicted molar refractivity (Wildman–Crippen MR) is 126 cm³/mol. The quantitative estimate of drug-likeness (QED) is 0.482. The van der Waals surface area contributed by atoms with Crippen LogP contribution < -0.4 is 16.2 Å². The van der Waals surface area contributed by atoms with Gasteiger partial charge < -0.3 is 16.6 Å². The summed E-state index contributed by atoms with van der Waals surface area (Å²) in [5.41, 5.74) is 15.4. The van der Waals surface area contributed by atoms with Crippen LogP contribution in [0.25, 0.3) is 16.8 Å². The Hall–Kier alpha value is -2.82. The van der Waals surface area contributed by atoms with Crippen LogP contribution in [0.2, 0.25) is 0 Å². The van der Waals surface area contributed by atoms with E-state index in [1.54, 1.807) is 38.4 Å². The molecule has 1 aromatic carbocycles. The van der Waals surface area contributed by atoms with Crippen LogP contribution in [-0.2, 0) is 10.0 Å². The van der Waals surface area contributed by atoms with E-state index >= 15 is 0 Å². The van der Waals surface area contributed by atoms with Gasteiger partial charge in [0.15, 0.2) is 0 Å². The van der Waals surface area contributed by atoms with Crippen LogP contribution in [0, 0.1) is 6.92 Å². The highest BCUT2D eigenvalue weighted by Gasteiger charge is 2.25. The third-order valence-electron chi connectivity index (χ3n) is 5.55. The van der Waals surface area contributed by atoms with Gasteiger partial charge in [0.25, 0.3) is 0 Å². The number of benzene rings is 1. The summed E-state index contributed by atoms with van der Waals surface area (Å²) in [5.74, 6) is 0.205. The number of hydrogen-bond acceptors (Lipinski definition) is 8. The molecular weight excluding hydrogens is 428 g/mol. The summed E-state index contributed by atoms with van der Waals surface area (Å²) in [6.45, 7) is 3.59. The molecule has 1 saturated carbocycles. The van der Waals surface area contributed by atoms with Crippen molar-refractivity contribution in [1.29, 1.82) is 0 Å². The normalized spacial score (nSPS) is 20.4. The minimum Gasteiger partial charge on any atom is -0.402 e.